The van der Waals surface area contributed by atoms with E-state index >= 15 is 0 Å². The van der Waals surface area contributed by atoms with Gasteiger partial charge in [-0.15, -0.1) is 11.3 Å². The molecule has 2 atom stereocenters. The van der Waals surface area contributed by atoms with Crippen LogP contribution < -0.4 is 5.32 Å². The van der Waals surface area contributed by atoms with Gasteiger partial charge < -0.3 is 19.9 Å². The zero-order valence-electron chi connectivity index (χ0n) is 19.3. The largest absolute Gasteiger partial charge is 0.480 e. The summed E-state index contributed by atoms with van der Waals surface area (Å²) in [5.41, 5.74) is 1.37. The lowest BCUT2D eigenvalue weighted by atomic mass is 9.94. The molecule has 1 aromatic carbocycles. The lowest BCUT2D eigenvalue weighted by Gasteiger charge is -2.32. The maximum absolute atomic E-state index is 13.9. The molecule has 3 heterocycles. The first-order chi connectivity index (χ1) is 17.4. The van der Waals surface area contributed by atoms with Gasteiger partial charge in [-0.2, -0.15) is 0 Å². The fourth-order valence-electron chi connectivity index (χ4n) is 4.06. The maximum atomic E-state index is 13.9. The van der Waals surface area contributed by atoms with E-state index in [2.05, 4.69) is 26.2 Å². The molecule has 0 aliphatic carbocycles. The zero-order valence-corrected chi connectivity index (χ0v) is 23.1. The highest BCUT2D eigenvalue weighted by molar-refractivity contribution is 9.10. The average molecular weight is 596 g/mol. The molecule has 0 amide bonds. The minimum atomic E-state index is -1.06. The van der Waals surface area contributed by atoms with Crippen LogP contribution in [0.4, 0.5) is 4.39 Å². The van der Waals surface area contributed by atoms with Gasteiger partial charge in [0.15, 0.2) is 10.8 Å². The second-order valence-electron chi connectivity index (χ2n) is 8.02. The molecule has 0 saturated carbocycles. The molecule has 2 aliphatic heterocycles. The number of carboxylic acids is 1. The van der Waals surface area contributed by atoms with Crippen LogP contribution in [0.3, 0.4) is 0 Å². The molecule has 1 saturated heterocycles. The number of nitrogens with zero attached hydrogens (tertiary/aromatic N) is 3. The normalized spacial score (nSPS) is 21.8. The van der Waals surface area contributed by atoms with Crippen LogP contribution in [0.5, 0.6) is 0 Å². The van der Waals surface area contributed by atoms with Crippen LogP contribution >= 0.6 is 27.3 Å². The molecule has 2 aromatic rings. The molecule has 2 N–H and O–H groups in total. The summed E-state index contributed by atoms with van der Waals surface area (Å²) in [5.74, 6) is -1.32. The van der Waals surface area contributed by atoms with Gasteiger partial charge in [-0.25, -0.2) is 14.2 Å². The van der Waals surface area contributed by atoms with Crippen molar-refractivity contribution >= 4 is 54.6 Å². The van der Waals surface area contributed by atoms with E-state index in [1.54, 1.807) is 18.3 Å². The molecule has 0 bridgehead atoms. The van der Waals surface area contributed by atoms with Crippen molar-refractivity contribution < 1.29 is 28.6 Å². The Morgan fingerprint density at radius 3 is 3.00 bits per heavy atom. The number of methoxy groups -OCH3 is 1. The molecular formula is C23H24BrFN4O5SSi. The van der Waals surface area contributed by atoms with Crippen molar-refractivity contribution in [2.24, 2.45) is 4.99 Å². The van der Waals surface area contributed by atoms with Gasteiger partial charge in [-0.3, -0.25) is 14.7 Å². The van der Waals surface area contributed by atoms with E-state index < -0.39 is 39.0 Å². The quantitative estimate of drug-likeness (QED) is 0.284. The number of esters is 1. The lowest BCUT2D eigenvalue weighted by molar-refractivity contribution is -0.140. The summed E-state index contributed by atoms with van der Waals surface area (Å²) >= 11 is 4.85. The molecule has 36 heavy (non-hydrogen) atoms. The topological polar surface area (TPSA) is 113 Å². The number of hydrogen-bond acceptors (Lipinski definition) is 9. The highest BCUT2D eigenvalue weighted by Gasteiger charge is 2.33. The van der Waals surface area contributed by atoms with Crippen LogP contribution in [0, 0.1) is 5.82 Å². The van der Waals surface area contributed by atoms with Crippen molar-refractivity contribution in [1.82, 2.24) is 15.2 Å². The Hall–Kier alpha value is -2.71. The van der Waals surface area contributed by atoms with Crippen LogP contribution in [0.1, 0.15) is 16.6 Å². The molecular weight excluding hydrogens is 571 g/mol. The monoisotopic (exact) mass is 594 g/mol. The number of carboxylic acid groups (broad SMARTS) is 1. The number of aliphatic imine (C=N–C) groups is 1. The van der Waals surface area contributed by atoms with Gasteiger partial charge in [0, 0.05) is 52.7 Å². The first-order valence-corrected chi connectivity index (χ1v) is 14.6. The third kappa shape index (κ3) is 6.15. The number of hydrogen-bond donors (Lipinski definition) is 2. The minimum absolute atomic E-state index is 0.258. The summed E-state index contributed by atoms with van der Waals surface area (Å²) < 4.78 is 24.8. The fraction of sp³-hybridized carbons (Fsp3) is 0.304. The number of carbonyl (C=O) groups is 2. The number of benzene rings is 1. The number of aliphatic carboxylic acids is 1. The maximum Gasteiger partial charge on any atom is 0.330 e. The van der Waals surface area contributed by atoms with Gasteiger partial charge in [0.1, 0.15) is 11.9 Å². The van der Waals surface area contributed by atoms with Gasteiger partial charge in [0.2, 0.25) is 0 Å². The van der Waals surface area contributed by atoms with Gasteiger partial charge in [0.25, 0.3) is 0 Å². The van der Waals surface area contributed by atoms with Gasteiger partial charge in [-0.1, -0.05) is 22.0 Å². The Morgan fingerprint density at radius 2 is 2.31 bits per heavy atom. The number of amidine groups is 1. The average Bonchev–Trinajstić information content (AvgIpc) is 3.29. The summed E-state index contributed by atoms with van der Waals surface area (Å²) in [6.45, 7) is 1.13. The van der Waals surface area contributed by atoms with Crippen molar-refractivity contribution in [2.45, 2.75) is 11.7 Å². The molecule has 4 rings (SSSR count). The third-order valence-electron chi connectivity index (χ3n) is 5.81. The number of ether oxygens (including phenoxy) is 2. The molecule has 1 aromatic heterocycles. The highest BCUT2D eigenvalue weighted by atomic mass is 79.9. The van der Waals surface area contributed by atoms with Crippen LogP contribution in [0.2, 0.25) is 0 Å². The smallest absolute Gasteiger partial charge is 0.330 e. The number of rotatable bonds is 7. The first kappa shape index (κ1) is 26.4. The van der Waals surface area contributed by atoms with E-state index in [0.29, 0.717) is 51.5 Å². The van der Waals surface area contributed by atoms with E-state index in [9.17, 15) is 19.1 Å². The first-order valence-electron chi connectivity index (χ1n) is 11.1. The van der Waals surface area contributed by atoms with Gasteiger partial charge >= 0.3 is 11.9 Å². The minimum Gasteiger partial charge on any atom is -0.480 e. The zero-order chi connectivity index (χ0) is 25.7. The molecule has 1 unspecified atom stereocenters. The van der Waals surface area contributed by atoms with E-state index in [1.165, 1.54) is 36.7 Å². The predicted molar refractivity (Wildman–Crippen MR) is 139 cm³/mol. The van der Waals surface area contributed by atoms with Crippen LogP contribution in [-0.2, 0) is 19.1 Å². The van der Waals surface area contributed by atoms with E-state index in [1.807, 2.05) is 10.3 Å². The standard InChI is InChI=1S/C23H24BrFN4O5SSi/c1-33-18(30)5-4-15-17(11-29-7-8-34-12-36-22(29)23(31)32)27-20(21-26-6-9-35-21)28-19(15)14-3-2-13(25)10-16(14)24/h2-6,9-10,19,22H,7-8,11-12,36H2,1H3,(H,27,28)(H,31,32)/b5-4+/t19?,22-/m0/s1. The molecule has 0 radical (unpaired) electrons. The van der Waals surface area contributed by atoms with Crippen molar-refractivity contribution in [2.75, 3.05) is 33.0 Å². The number of halogens is 2. The molecule has 9 nitrogen and oxygen atoms in total. The van der Waals surface area contributed by atoms with Crippen LogP contribution in [0.25, 0.3) is 0 Å². The van der Waals surface area contributed by atoms with Crippen molar-refractivity contribution in [3.8, 4) is 0 Å². The highest BCUT2D eigenvalue weighted by Crippen LogP contribution is 2.37. The second kappa shape index (κ2) is 12.0. The van der Waals surface area contributed by atoms with Crippen molar-refractivity contribution in [3.63, 3.8) is 0 Å². The number of aromatic nitrogens is 1. The Labute approximate surface area is 221 Å². The summed E-state index contributed by atoms with van der Waals surface area (Å²) in [5, 5.41) is 15.7. The van der Waals surface area contributed by atoms with Crippen LogP contribution in [-0.4, -0.2) is 81.0 Å². The molecule has 190 valence electrons. The summed E-state index contributed by atoms with van der Waals surface area (Å²) in [7, 11) is 0.228. The molecule has 1 fully saturated rings. The van der Waals surface area contributed by atoms with E-state index in [-0.39, 0.29) is 6.54 Å². The number of thiazole rings is 1. The second-order valence-corrected chi connectivity index (χ2v) is 11.5. The Bertz CT molecular complexity index is 1220. The SMILES string of the molecule is COC(=O)/C=C/C1=C(CN2CCOC[SiH2][C@H]2C(=O)O)NC(c2nccs2)=NC1c1ccc(F)cc1Br. The Morgan fingerprint density at radius 1 is 1.47 bits per heavy atom. The molecule has 0 spiro atoms. The van der Waals surface area contributed by atoms with E-state index in [0.717, 1.165) is 0 Å². The molecule has 13 heteroatoms. The van der Waals surface area contributed by atoms with E-state index in [4.69, 9.17) is 14.5 Å². The predicted octanol–water partition coefficient (Wildman–Crippen LogP) is 1.99. The summed E-state index contributed by atoms with van der Waals surface area (Å²) in [6.07, 6.45) is 5.06. The third-order valence-corrected chi connectivity index (χ3v) is 9.21. The number of nitrogens with one attached hydrogen (secondary N) is 1. The lowest BCUT2D eigenvalue weighted by Crippen LogP contribution is -2.48. The Balaban J connectivity index is 1.84. The number of carbonyl (C=O) groups excluding carboxylic acids is 1. The van der Waals surface area contributed by atoms with Crippen molar-refractivity contribution in [1.29, 1.82) is 0 Å². The van der Waals surface area contributed by atoms with Gasteiger partial charge in [-0.05, 0) is 23.8 Å². The van der Waals surface area contributed by atoms with Gasteiger partial charge in [0.05, 0.1) is 28.9 Å². The summed E-state index contributed by atoms with van der Waals surface area (Å²) in [4.78, 5) is 35.2. The van der Waals surface area contributed by atoms with Crippen molar-refractivity contribution in [3.05, 3.63) is 74.1 Å². The Kier molecular flexibility index (Phi) is 8.80. The fourth-order valence-corrected chi connectivity index (χ4v) is 6.73. The molecule has 2 aliphatic rings. The van der Waals surface area contributed by atoms with Crippen LogP contribution in [0.15, 0.2) is 62.7 Å². The summed E-state index contributed by atoms with van der Waals surface area (Å²) in [6, 6.07) is 3.71.